The van der Waals surface area contributed by atoms with Crippen LogP contribution in [0, 0.1) is 17.6 Å². The number of benzene rings is 3. The van der Waals surface area contributed by atoms with E-state index >= 15 is 0 Å². The Labute approximate surface area is 234 Å². The molecular weight excluding hydrogens is 560 g/mol. The van der Waals surface area contributed by atoms with Crippen LogP contribution in [0.25, 0.3) is 10.2 Å². The summed E-state index contributed by atoms with van der Waals surface area (Å²) in [5, 5.41) is 0.475. The zero-order valence-corrected chi connectivity index (χ0v) is 23.5. The van der Waals surface area contributed by atoms with E-state index in [1.165, 1.54) is 15.6 Å². The summed E-state index contributed by atoms with van der Waals surface area (Å²) in [7, 11) is -0.924. The van der Waals surface area contributed by atoms with E-state index in [2.05, 4.69) is 0 Å². The van der Waals surface area contributed by atoms with Crippen molar-refractivity contribution in [1.29, 1.82) is 0 Å². The van der Waals surface area contributed by atoms with Crippen molar-refractivity contribution >= 4 is 42.6 Å². The highest BCUT2D eigenvalue weighted by atomic mass is 32.2. The third-order valence-electron chi connectivity index (χ3n) is 6.91. The van der Waals surface area contributed by atoms with Gasteiger partial charge in [0, 0.05) is 19.0 Å². The Hall–Kier alpha value is -3.61. The molecule has 2 heterocycles. The predicted molar refractivity (Wildman–Crippen MR) is 148 cm³/mol. The van der Waals surface area contributed by atoms with Gasteiger partial charge in [0.15, 0.2) is 16.8 Å². The molecule has 0 bridgehead atoms. The number of hydrogen-bond donors (Lipinski definition) is 0. The first-order valence-electron chi connectivity index (χ1n) is 12.5. The topological polar surface area (TPSA) is 89.0 Å². The minimum atomic E-state index is -4.04. The van der Waals surface area contributed by atoms with Gasteiger partial charge >= 0.3 is 0 Å². The first-order chi connectivity index (χ1) is 19.2. The molecule has 0 spiro atoms. The molecule has 0 saturated carbocycles. The number of rotatable bonds is 8. The quantitative estimate of drug-likeness (QED) is 0.281. The van der Waals surface area contributed by atoms with Crippen molar-refractivity contribution in [3.63, 3.8) is 0 Å². The van der Waals surface area contributed by atoms with Gasteiger partial charge in [0.05, 0.1) is 25.7 Å². The fourth-order valence-corrected chi connectivity index (χ4v) is 7.31. The van der Waals surface area contributed by atoms with Gasteiger partial charge in [0.25, 0.3) is 0 Å². The third-order valence-corrected chi connectivity index (χ3v) is 9.90. The molecule has 3 aromatic carbocycles. The van der Waals surface area contributed by atoms with E-state index < -0.39 is 27.6 Å². The number of carbonyl (C=O) groups is 1. The second-order valence-electron chi connectivity index (χ2n) is 9.31. The molecule has 0 N–H and O–H groups in total. The number of sulfonamides is 1. The average molecular weight is 588 g/mol. The normalized spacial score (nSPS) is 14.8. The van der Waals surface area contributed by atoms with E-state index in [0.717, 1.165) is 22.4 Å². The Morgan fingerprint density at radius 3 is 2.33 bits per heavy atom. The van der Waals surface area contributed by atoms with Crippen LogP contribution < -0.4 is 14.4 Å². The molecule has 5 rings (SSSR count). The highest BCUT2D eigenvalue weighted by Crippen LogP contribution is 2.41. The van der Waals surface area contributed by atoms with Crippen molar-refractivity contribution in [3.8, 4) is 11.5 Å². The van der Waals surface area contributed by atoms with Gasteiger partial charge in [-0.25, -0.2) is 22.2 Å². The van der Waals surface area contributed by atoms with Gasteiger partial charge in [-0.1, -0.05) is 41.7 Å². The highest BCUT2D eigenvalue weighted by molar-refractivity contribution is 7.89. The predicted octanol–water partition coefficient (Wildman–Crippen LogP) is 5.23. The zero-order valence-electron chi connectivity index (χ0n) is 21.8. The number of nitrogens with zero attached hydrogens (tertiary/aromatic N) is 3. The summed E-state index contributed by atoms with van der Waals surface area (Å²) >= 11 is 1.32. The van der Waals surface area contributed by atoms with Crippen LogP contribution in [0.4, 0.5) is 13.9 Å². The number of piperidine rings is 1. The summed E-state index contributed by atoms with van der Waals surface area (Å²) in [5.41, 5.74) is 1.49. The van der Waals surface area contributed by atoms with Crippen molar-refractivity contribution in [3.05, 3.63) is 77.9 Å². The number of carbonyl (C=O) groups excluding carboxylic acids is 1. The number of aromatic nitrogens is 1. The fraction of sp³-hybridized carbons (Fsp3) is 0.286. The molecule has 8 nitrogen and oxygen atoms in total. The summed E-state index contributed by atoms with van der Waals surface area (Å²) in [5.74, 6) is -1.82. The van der Waals surface area contributed by atoms with Crippen LogP contribution in [0.1, 0.15) is 18.4 Å². The van der Waals surface area contributed by atoms with Crippen LogP contribution in [0.15, 0.2) is 65.6 Å². The molecule has 12 heteroatoms. The van der Waals surface area contributed by atoms with Gasteiger partial charge in [0.2, 0.25) is 15.9 Å². The lowest BCUT2D eigenvalue weighted by atomic mass is 9.96. The van der Waals surface area contributed by atoms with Gasteiger partial charge in [-0.15, -0.1) is 0 Å². The smallest absolute Gasteiger partial charge is 0.243 e. The largest absolute Gasteiger partial charge is 0.495 e. The molecule has 0 aliphatic carbocycles. The molecule has 1 aliphatic rings. The van der Waals surface area contributed by atoms with Gasteiger partial charge in [-0.2, -0.15) is 4.31 Å². The van der Waals surface area contributed by atoms with Crippen molar-refractivity contribution in [2.24, 2.45) is 5.92 Å². The standard InChI is InChI=1S/C28H27F2N3O5S2/c1-37-23-10-11-24(38-2)26-25(23)31-28(39-26)33(17-18-6-4-3-5-7-18)27(34)19-12-14-32(15-13-19)40(35,36)20-8-9-21(29)22(30)16-20/h3-11,16,19H,12-15,17H2,1-2H3. The average Bonchev–Trinajstić information content (AvgIpc) is 3.42. The molecule has 0 unspecified atom stereocenters. The summed E-state index contributed by atoms with van der Waals surface area (Å²) in [6.07, 6.45) is 0.537. The summed E-state index contributed by atoms with van der Waals surface area (Å²) in [4.78, 5) is 20.0. The monoisotopic (exact) mass is 587 g/mol. The summed E-state index contributed by atoms with van der Waals surface area (Å²) < 4.78 is 66.1. The number of thiazole rings is 1. The molecule has 40 heavy (non-hydrogen) atoms. The first kappa shape index (κ1) is 27.9. The number of methoxy groups -OCH3 is 2. The van der Waals surface area contributed by atoms with E-state index in [1.54, 1.807) is 31.3 Å². The maximum atomic E-state index is 14.0. The van der Waals surface area contributed by atoms with E-state index in [9.17, 15) is 22.0 Å². The molecule has 1 amide bonds. The molecule has 4 aromatic rings. The van der Waals surface area contributed by atoms with Crippen LogP contribution in [0.5, 0.6) is 11.5 Å². The van der Waals surface area contributed by atoms with E-state index in [1.807, 2.05) is 30.3 Å². The molecule has 210 valence electrons. The maximum Gasteiger partial charge on any atom is 0.243 e. The summed E-state index contributed by atoms with van der Waals surface area (Å²) in [6.45, 7) is 0.411. The molecule has 0 radical (unpaired) electrons. The van der Waals surface area contributed by atoms with Crippen molar-refractivity contribution in [2.45, 2.75) is 24.3 Å². The van der Waals surface area contributed by atoms with Crippen molar-refractivity contribution in [1.82, 2.24) is 9.29 Å². The number of fused-ring (bicyclic) bond motifs is 1. The second kappa shape index (κ2) is 11.5. The SMILES string of the molecule is COc1ccc(OC)c2sc(N(Cc3ccccc3)C(=O)C3CCN(S(=O)(=O)c4ccc(F)c(F)c4)CC3)nc12. The Morgan fingerprint density at radius 1 is 1.00 bits per heavy atom. The third kappa shape index (κ3) is 5.38. The van der Waals surface area contributed by atoms with Crippen LogP contribution in [0.3, 0.4) is 0 Å². The minimum absolute atomic E-state index is 0.0679. The molecule has 1 aliphatic heterocycles. The van der Waals surface area contributed by atoms with Gasteiger partial charge in [0.1, 0.15) is 21.7 Å². The highest BCUT2D eigenvalue weighted by Gasteiger charge is 2.35. The van der Waals surface area contributed by atoms with E-state index in [-0.39, 0.29) is 43.3 Å². The molecule has 0 atom stereocenters. The Kier molecular flexibility index (Phi) is 8.02. The summed E-state index contributed by atoms with van der Waals surface area (Å²) in [6, 6.07) is 15.6. The van der Waals surface area contributed by atoms with Crippen molar-refractivity contribution in [2.75, 3.05) is 32.2 Å². The van der Waals surface area contributed by atoms with E-state index in [4.69, 9.17) is 14.5 Å². The number of anilines is 1. The number of hydrogen-bond acceptors (Lipinski definition) is 7. The number of amides is 1. The van der Waals surface area contributed by atoms with Crippen LogP contribution in [-0.4, -0.2) is 50.9 Å². The lowest BCUT2D eigenvalue weighted by Crippen LogP contribution is -2.44. The van der Waals surface area contributed by atoms with Crippen molar-refractivity contribution < 1.29 is 31.5 Å². The molecule has 1 fully saturated rings. The Balaban J connectivity index is 1.42. The molecule has 1 aromatic heterocycles. The van der Waals surface area contributed by atoms with Crippen LogP contribution in [-0.2, 0) is 21.4 Å². The minimum Gasteiger partial charge on any atom is -0.495 e. The fourth-order valence-electron chi connectivity index (χ4n) is 4.75. The van der Waals surface area contributed by atoms with Crippen LogP contribution >= 0.6 is 11.3 Å². The maximum absolute atomic E-state index is 14.0. The van der Waals surface area contributed by atoms with Gasteiger partial charge < -0.3 is 9.47 Å². The second-order valence-corrected chi connectivity index (χ2v) is 12.2. The Morgan fingerprint density at radius 2 is 1.68 bits per heavy atom. The van der Waals surface area contributed by atoms with Gasteiger partial charge in [-0.05, 0) is 48.7 Å². The molecular formula is C28H27F2N3O5S2. The lowest BCUT2D eigenvalue weighted by Gasteiger charge is -2.33. The number of ether oxygens (including phenoxy) is 2. The molecule has 1 saturated heterocycles. The number of halogens is 2. The first-order valence-corrected chi connectivity index (χ1v) is 14.8. The lowest BCUT2D eigenvalue weighted by molar-refractivity contribution is -0.123. The zero-order chi connectivity index (χ0) is 28.4. The van der Waals surface area contributed by atoms with Gasteiger partial charge in [-0.3, -0.25) is 9.69 Å². The van der Waals surface area contributed by atoms with Crippen LogP contribution in [0.2, 0.25) is 0 Å². The van der Waals surface area contributed by atoms with E-state index in [0.29, 0.717) is 28.2 Å². The Bertz CT molecular complexity index is 1600.